The number of methoxy groups -OCH3 is 3. The first-order valence-electron chi connectivity index (χ1n) is 10.4. The van der Waals surface area contributed by atoms with Gasteiger partial charge in [-0.3, -0.25) is 24.6 Å². The number of halogens is 1. The molecule has 10 nitrogen and oxygen atoms in total. The van der Waals surface area contributed by atoms with Gasteiger partial charge in [0.25, 0.3) is 17.7 Å². The molecule has 1 atom stereocenters. The van der Waals surface area contributed by atoms with E-state index in [9.17, 15) is 23.6 Å². The van der Waals surface area contributed by atoms with Gasteiger partial charge in [0, 0.05) is 11.6 Å². The monoisotopic (exact) mass is 485 g/mol. The molecular formula is C24H24FN3O7. The predicted molar refractivity (Wildman–Crippen MR) is 123 cm³/mol. The Kier molecular flexibility index (Phi) is 7.69. The predicted octanol–water partition coefficient (Wildman–Crippen LogP) is 2.23. The largest absolute Gasteiger partial charge is 0.493 e. The molecule has 0 spiro atoms. The number of carbonyl (C=O) groups is 4. The van der Waals surface area contributed by atoms with Gasteiger partial charge in [-0.2, -0.15) is 0 Å². The quantitative estimate of drug-likeness (QED) is 0.363. The van der Waals surface area contributed by atoms with Crippen LogP contribution < -0.4 is 24.5 Å². The maximum Gasteiger partial charge on any atom is 0.270 e. The number of nitrogens with one attached hydrogen (secondary N) is 1. The Morgan fingerprint density at radius 3 is 2.29 bits per heavy atom. The molecule has 0 radical (unpaired) electrons. The van der Waals surface area contributed by atoms with Gasteiger partial charge in [-0.15, -0.1) is 0 Å². The number of nitrogens with zero attached hydrogens (tertiary/aromatic N) is 2. The third kappa shape index (κ3) is 5.08. The molecule has 0 aliphatic carbocycles. The Hall–Kier alpha value is -4.41. The Bertz CT molecular complexity index is 1170. The Balaban J connectivity index is 1.95. The van der Waals surface area contributed by atoms with E-state index in [1.807, 2.05) is 0 Å². The standard InChI is InChI=1S/C24H24FN3O7/c1-5-7-20(29)28(17-13-21(30)27(24(17)32)16-9-6-8-15(25)12-16)26-23(31)14-10-18(33-2)22(35-4)19(11-14)34-3/h5-12,17H,13H2,1-4H3,(H,26,31). The molecule has 1 aliphatic rings. The van der Waals surface area contributed by atoms with Crippen molar-refractivity contribution >= 4 is 29.3 Å². The van der Waals surface area contributed by atoms with Crippen molar-refractivity contribution in [3.8, 4) is 17.2 Å². The van der Waals surface area contributed by atoms with E-state index in [0.29, 0.717) is 0 Å². The fraction of sp³-hybridized carbons (Fsp3) is 0.250. The highest BCUT2D eigenvalue weighted by molar-refractivity contribution is 6.23. The third-order valence-electron chi connectivity index (χ3n) is 5.20. The van der Waals surface area contributed by atoms with Crippen LogP contribution in [0.2, 0.25) is 0 Å². The fourth-order valence-electron chi connectivity index (χ4n) is 3.60. The van der Waals surface area contributed by atoms with Crippen molar-refractivity contribution in [3.63, 3.8) is 0 Å². The van der Waals surface area contributed by atoms with Crippen LogP contribution in [0.3, 0.4) is 0 Å². The summed E-state index contributed by atoms with van der Waals surface area (Å²) in [5.41, 5.74) is 2.47. The number of hydrazine groups is 1. The summed E-state index contributed by atoms with van der Waals surface area (Å²) in [6, 6.07) is 6.35. The Morgan fingerprint density at radius 1 is 1.09 bits per heavy atom. The number of rotatable bonds is 7. The minimum Gasteiger partial charge on any atom is -0.493 e. The van der Waals surface area contributed by atoms with E-state index in [1.54, 1.807) is 6.92 Å². The number of carbonyl (C=O) groups excluding carboxylic acids is 4. The molecule has 1 fully saturated rings. The zero-order valence-electron chi connectivity index (χ0n) is 19.5. The lowest BCUT2D eigenvalue weighted by molar-refractivity contribution is -0.137. The summed E-state index contributed by atoms with van der Waals surface area (Å²) in [5.74, 6) is -2.91. The van der Waals surface area contributed by atoms with Crippen LogP contribution in [-0.2, 0) is 14.4 Å². The van der Waals surface area contributed by atoms with Gasteiger partial charge in [0.1, 0.15) is 11.9 Å². The highest BCUT2D eigenvalue weighted by atomic mass is 19.1. The molecule has 0 bridgehead atoms. The molecule has 11 heteroatoms. The molecule has 1 N–H and O–H groups in total. The van der Waals surface area contributed by atoms with Gasteiger partial charge in [0.2, 0.25) is 11.7 Å². The van der Waals surface area contributed by atoms with Crippen molar-refractivity contribution in [2.75, 3.05) is 26.2 Å². The number of anilines is 1. The molecule has 2 aromatic rings. The second-order valence-electron chi connectivity index (χ2n) is 7.33. The maximum absolute atomic E-state index is 13.7. The number of amides is 4. The van der Waals surface area contributed by atoms with Crippen LogP contribution >= 0.6 is 0 Å². The van der Waals surface area contributed by atoms with Crippen molar-refractivity contribution < 1.29 is 37.8 Å². The number of hydrogen-bond donors (Lipinski definition) is 1. The van der Waals surface area contributed by atoms with Crippen molar-refractivity contribution in [2.24, 2.45) is 0 Å². The number of ether oxygens (including phenoxy) is 3. The van der Waals surface area contributed by atoms with Crippen molar-refractivity contribution in [1.29, 1.82) is 0 Å². The van der Waals surface area contributed by atoms with Crippen molar-refractivity contribution in [3.05, 3.63) is 59.9 Å². The summed E-state index contributed by atoms with van der Waals surface area (Å²) in [5, 5.41) is 0.783. The molecule has 3 rings (SSSR count). The topological polar surface area (TPSA) is 114 Å². The molecule has 1 heterocycles. The van der Waals surface area contributed by atoms with E-state index < -0.39 is 41.9 Å². The van der Waals surface area contributed by atoms with E-state index in [-0.39, 0.29) is 28.5 Å². The minimum absolute atomic E-state index is 0.0249. The summed E-state index contributed by atoms with van der Waals surface area (Å²) in [6.07, 6.45) is 2.15. The molecule has 2 aromatic carbocycles. The summed E-state index contributed by atoms with van der Waals surface area (Å²) < 4.78 is 29.4. The number of imide groups is 1. The van der Waals surface area contributed by atoms with Crippen molar-refractivity contribution in [1.82, 2.24) is 10.4 Å². The average Bonchev–Trinajstić information content (AvgIpc) is 3.14. The summed E-state index contributed by atoms with van der Waals surface area (Å²) in [7, 11) is 4.17. The van der Waals surface area contributed by atoms with Gasteiger partial charge in [-0.05, 0) is 37.3 Å². The van der Waals surface area contributed by atoms with Gasteiger partial charge in [0.15, 0.2) is 11.5 Å². The molecule has 4 amide bonds. The van der Waals surface area contributed by atoms with Crippen LogP contribution in [0, 0.1) is 5.82 Å². The summed E-state index contributed by atoms with van der Waals surface area (Å²) in [4.78, 5) is 52.5. The molecular weight excluding hydrogens is 461 g/mol. The normalized spacial score (nSPS) is 15.3. The van der Waals surface area contributed by atoms with E-state index in [0.717, 1.165) is 22.1 Å². The first-order valence-corrected chi connectivity index (χ1v) is 10.4. The highest BCUT2D eigenvalue weighted by Gasteiger charge is 2.45. The minimum atomic E-state index is -1.35. The molecule has 1 saturated heterocycles. The van der Waals surface area contributed by atoms with E-state index >= 15 is 0 Å². The zero-order valence-corrected chi connectivity index (χ0v) is 19.5. The van der Waals surface area contributed by atoms with Crippen LogP contribution in [0.1, 0.15) is 23.7 Å². The van der Waals surface area contributed by atoms with Crippen LogP contribution in [0.25, 0.3) is 0 Å². The maximum atomic E-state index is 13.7. The van der Waals surface area contributed by atoms with Crippen molar-refractivity contribution in [2.45, 2.75) is 19.4 Å². The fourth-order valence-corrected chi connectivity index (χ4v) is 3.60. The SMILES string of the molecule is CC=CC(=O)N(NC(=O)c1cc(OC)c(OC)c(OC)c1)C1CC(=O)N(c2cccc(F)c2)C1=O. The van der Waals surface area contributed by atoms with Gasteiger partial charge in [-0.1, -0.05) is 12.1 Å². The van der Waals surface area contributed by atoms with Crippen LogP contribution in [0.4, 0.5) is 10.1 Å². The molecule has 184 valence electrons. The van der Waals surface area contributed by atoms with E-state index in [1.165, 1.54) is 57.7 Å². The average molecular weight is 485 g/mol. The lowest BCUT2D eigenvalue weighted by Crippen LogP contribution is -2.54. The molecule has 0 saturated carbocycles. The number of allylic oxidation sites excluding steroid dienone is 1. The lowest BCUT2D eigenvalue weighted by atomic mass is 10.1. The smallest absolute Gasteiger partial charge is 0.270 e. The molecule has 0 aromatic heterocycles. The summed E-state index contributed by atoms with van der Waals surface area (Å²) >= 11 is 0. The lowest BCUT2D eigenvalue weighted by Gasteiger charge is -2.27. The third-order valence-corrected chi connectivity index (χ3v) is 5.20. The zero-order chi connectivity index (χ0) is 25.7. The van der Waals surface area contributed by atoms with E-state index in [2.05, 4.69) is 5.43 Å². The van der Waals surface area contributed by atoms with E-state index in [4.69, 9.17) is 14.2 Å². The molecule has 1 aliphatic heterocycles. The highest BCUT2D eigenvalue weighted by Crippen LogP contribution is 2.38. The second kappa shape index (κ2) is 10.7. The second-order valence-corrected chi connectivity index (χ2v) is 7.33. The van der Waals surface area contributed by atoms with Crippen LogP contribution in [-0.4, -0.2) is 56.0 Å². The molecule has 1 unspecified atom stereocenters. The number of hydrogen-bond acceptors (Lipinski definition) is 7. The first kappa shape index (κ1) is 25.2. The van der Waals surface area contributed by atoms with Gasteiger partial charge in [0.05, 0.1) is 33.4 Å². The summed E-state index contributed by atoms with van der Waals surface area (Å²) in [6.45, 7) is 1.58. The first-order chi connectivity index (χ1) is 16.7. The Morgan fingerprint density at radius 2 is 1.74 bits per heavy atom. The van der Waals surface area contributed by atoms with Gasteiger partial charge >= 0.3 is 0 Å². The van der Waals surface area contributed by atoms with Crippen LogP contribution in [0.15, 0.2) is 48.6 Å². The number of benzene rings is 2. The molecule has 35 heavy (non-hydrogen) atoms. The van der Waals surface area contributed by atoms with Gasteiger partial charge in [-0.25, -0.2) is 14.3 Å². The van der Waals surface area contributed by atoms with Crippen LogP contribution in [0.5, 0.6) is 17.2 Å². The Labute approximate surface area is 200 Å². The van der Waals surface area contributed by atoms with Gasteiger partial charge < -0.3 is 14.2 Å².